The quantitative estimate of drug-likeness (QED) is 0.203. The number of nitrogens with zero attached hydrogens (tertiary/aromatic N) is 2. The number of rotatable bonds is 13. The summed E-state index contributed by atoms with van der Waals surface area (Å²) >= 11 is 0. The molecule has 0 aliphatic carbocycles. The number of ether oxygens (including phenoxy) is 3. The van der Waals surface area contributed by atoms with Crippen LogP contribution in [0.4, 0.5) is 5.69 Å². The van der Waals surface area contributed by atoms with Crippen molar-refractivity contribution in [1.29, 1.82) is 0 Å². The number of hydrazone groups is 1. The monoisotopic (exact) mass is 525 g/mol. The zero-order chi connectivity index (χ0) is 26.7. The highest BCUT2D eigenvalue weighted by atomic mass is 32.2. The van der Waals surface area contributed by atoms with Crippen LogP contribution in [0.15, 0.2) is 82.8 Å². The van der Waals surface area contributed by atoms with E-state index in [4.69, 9.17) is 14.2 Å². The van der Waals surface area contributed by atoms with Gasteiger partial charge in [0.25, 0.3) is 15.9 Å². The molecule has 37 heavy (non-hydrogen) atoms. The van der Waals surface area contributed by atoms with Gasteiger partial charge in [-0.2, -0.15) is 5.10 Å². The van der Waals surface area contributed by atoms with Gasteiger partial charge in [-0.15, -0.1) is 0 Å². The van der Waals surface area contributed by atoms with Crippen molar-refractivity contribution in [2.75, 3.05) is 31.7 Å². The summed E-state index contributed by atoms with van der Waals surface area (Å²) in [5.74, 6) is 0.893. The molecule has 0 unspecified atom stereocenters. The summed E-state index contributed by atoms with van der Waals surface area (Å²) < 4.78 is 44.1. The summed E-state index contributed by atoms with van der Waals surface area (Å²) in [6.07, 6.45) is 3.51. The summed E-state index contributed by atoms with van der Waals surface area (Å²) in [7, 11) is -1.15. The number of anilines is 1. The van der Waals surface area contributed by atoms with E-state index in [-0.39, 0.29) is 10.6 Å². The number of methoxy groups -OCH3 is 2. The number of unbranched alkanes of at least 4 members (excludes halogenated alkanes) is 1. The average Bonchev–Trinajstić information content (AvgIpc) is 2.92. The van der Waals surface area contributed by atoms with E-state index in [9.17, 15) is 13.2 Å². The zero-order valence-electron chi connectivity index (χ0n) is 21.1. The van der Waals surface area contributed by atoms with Crippen molar-refractivity contribution in [3.05, 3.63) is 78.4 Å². The average molecular weight is 526 g/mol. The van der Waals surface area contributed by atoms with E-state index < -0.39 is 22.5 Å². The molecule has 3 rings (SSSR count). The highest BCUT2D eigenvalue weighted by Crippen LogP contribution is 2.33. The van der Waals surface area contributed by atoms with Gasteiger partial charge in [-0.05, 0) is 60.5 Å². The van der Waals surface area contributed by atoms with Gasteiger partial charge >= 0.3 is 0 Å². The van der Waals surface area contributed by atoms with E-state index in [0.717, 1.165) is 28.5 Å². The second-order valence-electron chi connectivity index (χ2n) is 7.93. The lowest BCUT2D eigenvalue weighted by Crippen LogP contribution is -2.39. The Kier molecular flexibility index (Phi) is 9.91. The van der Waals surface area contributed by atoms with Gasteiger partial charge in [-0.1, -0.05) is 31.5 Å². The van der Waals surface area contributed by atoms with Crippen LogP contribution in [0, 0.1) is 0 Å². The number of carbonyl (C=O) groups excluding carboxylic acids is 1. The Labute approximate surface area is 217 Å². The second-order valence-corrected chi connectivity index (χ2v) is 9.79. The van der Waals surface area contributed by atoms with Crippen LogP contribution >= 0.6 is 0 Å². The molecule has 3 aromatic carbocycles. The summed E-state index contributed by atoms with van der Waals surface area (Å²) in [6.45, 7) is 2.25. The lowest BCUT2D eigenvalue weighted by Gasteiger charge is -2.24. The molecule has 0 saturated carbocycles. The van der Waals surface area contributed by atoms with Crippen LogP contribution in [0.3, 0.4) is 0 Å². The Hall–Kier alpha value is -4.05. The van der Waals surface area contributed by atoms with Crippen molar-refractivity contribution in [3.63, 3.8) is 0 Å². The maximum atomic E-state index is 13.5. The van der Waals surface area contributed by atoms with Crippen molar-refractivity contribution < 1.29 is 27.4 Å². The van der Waals surface area contributed by atoms with E-state index in [2.05, 4.69) is 17.5 Å². The van der Waals surface area contributed by atoms with Crippen molar-refractivity contribution >= 4 is 27.8 Å². The first-order chi connectivity index (χ1) is 17.9. The van der Waals surface area contributed by atoms with Crippen LogP contribution < -0.4 is 23.9 Å². The van der Waals surface area contributed by atoms with Gasteiger partial charge in [0, 0.05) is 6.07 Å². The number of hydrogen-bond donors (Lipinski definition) is 1. The molecule has 1 N–H and O–H groups in total. The molecule has 1 amide bonds. The van der Waals surface area contributed by atoms with Crippen LogP contribution in [0.5, 0.6) is 17.2 Å². The highest BCUT2D eigenvalue weighted by molar-refractivity contribution is 7.92. The molecular formula is C27H31N3O6S. The minimum absolute atomic E-state index is 0.0438. The number of hydrogen-bond acceptors (Lipinski definition) is 7. The molecule has 0 saturated heterocycles. The minimum Gasteiger partial charge on any atom is -0.494 e. The van der Waals surface area contributed by atoms with Gasteiger partial charge in [-0.3, -0.25) is 9.10 Å². The first-order valence-electron chi connectivity index (χ1n) is 11.7. The van der Waals surface area contributed by atoms with Gasteiger partial charge in [-0.25, -0.2) is 13.8 Å². The van der Waals surface area contributed by atoms with Crippen molar-refractivity contribution in [3.8, 4) is 17.2 Å². The number of carbonyl (C=O) groups is 1. The SMILES string of the molecule is CCCCOc1ccc(/C=N/NC(=O)CN(c2ccc(OC)c(OC)c2)S(=O)(=O)c2ccccc2)cc1. The van der Waals surface area contributed by atoms with Crippen molar-refractivity contribution in [2.24, 2.45) is 5.10 Å². The van der Waals surface area contributed by atoms with E-state index in [0.29, 0.717) is 18.1 Å². The smallest absolute Gasteiger partial charge is 0.264 e. The minimum atomic E-state index is -4.08. The molecule has 9 nitrogen and oxygen atoms in total. The highest BCUT2D eigenvalue weighted by Gasteiger charge is 2.28. The molecule has 196 valence electrons. The summed E-state index contributed by atoms with van der Waals surface area (Å²) in [5.41, 5.74) is 3.38. The molecule has 0 radical (unpaired) electrons. The standard InChI is InChI=1S/C27H31N3O6S/c1-4-5-17-36-23-14-11-21(12-15-23)19-28-29-27(31)20-30(37(32,33)24-9-7-6-8-10-24)22-13-16-25(34-2)26(18-22)35-3/h6-16,18-19H,4-5,17,20H2,1-3H3,(H,29,31)/b28-19+. The molecule has 0 bridgehead atoms. The molecule has 0 atom stereocenters. The number of benzene rings is 3. The van der Waals surface area contributed by atoms with Gasteiger partial charge in [0.05, 0.1) is 37.6 Å². The molecule has 0 spiro atoms. The first kappa shape index (κ1) is 27.5. The maximum Gasteiger partial charge on any atom is 0.264 e. The number of sulfonamides is 1. The van der Waals surface area contributed by atoms with Crippen molar-refractivity contribution in [1.82, 2.24) is 5.43 Å². The molecule has 3 aromatic rings. The lowest BCUT2D eigenvalue weighted by atomic mass is 10.2. The van der Waals surface area contributed by atoms with Gasteiger partial charge in [0.1, 0.15) is 12.3 Å². The third kappa shape index (κ3) is 7.47. The van der Waals surface area contributed by atoms with Gasteiger partial charge < -0.3 is 14.2 Å². The molecule has 0 heterocycles. The summed E-state index contributed by atoms with van der Waals surface area (Å²) in [4.78, 5) is 12.8. The Morgan fingerprint density at radius 1 is 0.973 bits per heavy atom. The fourth-order valence-corrected chi connectivity index (χ4v) is 4.78. The topological polar surface area (TPSA) is 107 Å². The molecule has 0 aliphatic heterocycles. The Balaban J connectivity index is 1.77. The van der Waals surface area contributed by atoms with E-state index in [1.54, 1.807) is 30.3 Å². The Bertz CT molecular complexity index is 1300. The lowest BCUT2D eigenvalue weighted by molar-refractivity contribution is -0.119. The van der Waals surface area contributed by atoms with Gasteiger partial charge in [0.15, 0.2) is 11.5 Å². The third-order valence-corrected chi connectivity index (χ3v) is 7.11. The predicted octanol–water partition coefficient (Wildman–Crippen LogP) is 4.23. The summed E-state index contributed by atoms with van der Waals surface area (Å²) in [5, 5.41) is 3.98. The van der Waals surface area contributed by atoms with E-state index >= 15 is 0 Å². The zero-order valence-corrected chi connectivity index (χ0v) is 21.9. The van der Waals surface area contributed by atoms with Crippen LogP contribution in [0.2, 0.25) is 0 Å². The van der Waals surface area contributed by atoms with Crippen LogP contribution in [-0.4, -0.2) is 47.9 Å². The molecule has 10 heteroatoms. The second kappa shape index (κ2) is 13.3. The molecule has 0 aliphatic rings. The van der Waals surface area contributed by atoms with Gasteiger partial charge in [0.2, 0.25) is 0 Å². The van der Waals surface area contributed by atoms with Crippen LogP contribution in [0.25, 0.3) is 0 Å². The maximum absolute atomic E-state index is 13.5. The Morgan fingerprint density at radius 2 is 1.68 bits per heavy atom. The normalized spacial score (nSPS) is 11.2. The van der Waals surface area contributed by atoms with E-state index in [1.165, 1.54) is 38.6 Å². The largest absolute Gasteiger partial charge is 0.494 e. The first-order valence-corrected chi connectivity index (χ1v) is 13.2. The molecule has 0 aromatic heterocycles. The Morgan fingerprint density at radius 3 is 2.32 bits per heavy atom. The number of nitrogens with one attached hydrogen (secondary N) is 1. The number of amides is 1. The fourth-order valence-electron chi connectivity index (χ4n) is 3.34. The summed E-state index contributed by atoms with van der Waals surface area (Å²) in [6, 6.07) is 19.8. The molecule has 0 fully saturated rings. The predicted molar refractivity (Wildman–Crippen MR) is 143 cm³/mol. The van der Waals surface area contributed by atoms with Crippen molar-refractivity contribution in [2.45, 2.75) is 24.7 Å². The van der Waals surface area contributed by atoms with E-state index in [1.807, 2.05) is 24.3 Å². The molecular weight excluding hydrogens is 494 g/mol. The fraction of sp³-hybridized carbons (Fsp3) is 0.259. The third-order valence-electron chi connectivity index (χ3n) is 5.32. The van der Waals surface area contributed by atoms with Crippen LogP contribution in [0.1, 0.15) is 25.3 Å². The van der Waals surface area contributed by atoms with Crippen LogP contribution in [-0.2, 0) is 14.8 Å².